The Labute approximate surface area is 177 Å². The molecule has 30 heavy (non-hydrogen) atoms. The molecule has 0 saturated carbocycles. The molecular formula is C25H27N3O2. The van der Waals surface area contributed by atoms with Gasteiger partial charge in [-0.2, -0.15) is 0 Å². The van der Waals surface area contributed by atoms with E-state index in [-0.39, 0.29) is 30.1 Å². The number of urea groups is 1. The van der Waals surface area contributed by atoms with Crippen molar-refractivity contribution in [3.8, 4) is 0 Å². The average Bonchev–Trinajstić information content (AvgIpc) is 3.20. The number of fused-ring (bicyclic) bond motifs is 2. The third-order valence-electron chi connectivity index (χ3n) is 6.66. The highest BCUT2D eigenvalue weighted by molar-refractivity contribution is 6.02. The van der Waals surface area contributed by atoms with Crippen molar-refractivity contribution in [3.63, 3.8) is 0 Å². The van der Waals surface area contributed by atoms with Crippen molar-refractivity contribution in [1.82, 2.24) is 10.2 Å². The van der Waals surface area contributed by atoms with Crippen LogP contribution < -0.4 is 10.2 Å². The highest BCUT2D eigenvalue weighted by Gasteiger charge is 2.43. The zero-order valence-electron chi connectivity index (χ0n) is 17.2. The van der Waals surface area contributed by atoms with Crippen LogP contribution in [0.4, 0.5) is 10.5 Å². The minimum Gasteiger partial charge on any atom is -0.326 e. The number of hydrogen-bond donors (Lipinski definition) is 1. The van der Waals surface area contributed by atoms with Gasteiger partial charge in [0.15, 0.2) is 0 Å². The van der Waals surface area contributed by atoms with Crippen molar-refractivity contribution < 1.29 is 9.59 Å². The molecule has 0 aromatic heterocycles. The van der Waals surface area contributed by atoms with Gasteiger partial charge in [-0.05, 0) is 55.9 Å². The van der Waals surface area contributed by atoms with E-state index in [9.17, 15) is 9.59 Å². The van der Waals surface area contributed by atoms with E-state index in [1.54, 1.807) is 0 Å². The van der Waals surface area contributed by atoms with Gasteiger partial charge in [0.05, 0.1) is 6.04 Å². The Morgan fingerprint density at radius 1 is 1.00 bits per heavy atom. The fraction of sp³-hybridized carbons (Fsp3) is 0.360. The summed E-state index contributed by atoms with van der Waals surface area (Å²) in [6.45, 7) is 2.04. The van der Waals surface area contributed by atoms with Crippen LogP contribution in [0, 0.1) is 0 Å². The minimum atomic E-state index is -0.466. The van der Waals surface area contributed by atoms with Gasteiger partial charge in [-0.3, -0.25) is 4.79 Å². The summed E-state index contributed by atoms with van der Waals surface area (Å²) in [6, 6.07) is 19.9. The number of carbonyl (C=O) groups excluding carboxylic acids is 2. The molecular weight excluding hydrogens is 374 g/mol. The largest absolute Gasteiger partial charge is 0.326 e. The summed E-state index contributed by atoms with van der Waals surface area (Å²) in [7, 11) is 0. The van der Waals surface area contributed by atoms with Crippen LogP contribution in [0.25, 0.3) is 5.57 Å². The zero-order chi connectivity index (χ0) is 20.7. The Morgan fingerprint density at radius 2 is 1.70 bits per heavy atom. The van der Waals surface area contributed by atoms with Gasteiger partial charge in [0.2, 0.25) is 5.91 Å². The van der Waals surface area contributed by atoms with E-state index < -0.39 is 6.04 Å². The molecule has 4 unspecified atom stereocenters. The smallest absolute Gasteiger partial charge is 0.318 e. The number of amides is 3. The van der Waals surface area contributed by atoms with Gasteiger partial charge in [0.1, 0.15) is 6.04 Å². The second kappa shape index (κ2) is 7.63. The van der Waals surface area contributed by atoms with Gasteiger partial charge >= 0.3 is 6.03 Å². The fourth-order valence-electron chi connectivity index (χ4n) is 5.26. The molecule has 0 radical (unpaired) electrons. The van der Waals surface area contributed by atoms with Crippen LogP contribution in [0.5, 0.6) is 0 Å². The number of nitrogens with zero attached hydrogens (tertiary/aromatic N) is 2. The van der Waals surface area contributed by atoms with Crippen LogP contribution >= 0.6 is 0 Å². The number of para-hydroxylation sites is 1. The number of carbonyl (C=O) groups is 2. The lowest BCUT2D eigenvalue weighted by Gasteiger charge is -2.34. The van der Waals surface area contributed by atoms with Crippen LogP contribution in [0.3, 0.4) is 0 Å². The lowest BCUT2D eigenvalue weighted by atomic mass is 9.95. The lowest BCUT2D eigenvalue weighted by Crippen LogP contribution is -2.52. The van der Waals surface area contributed by atoms with Crippen LogP contribution in [0.2, 0.25) is 0 Å². The molecule has 5 heteroatoms. The molecule has 5 rings (SSSR count). The molecule has 2 aromatic rings. The summed E-state index contributed by atoms with van der Waals surface area (Å²) in [4.78, 5) is 30.0. The molecule has 4 atom stereocenters. The third kappa shape index (κ3) is 3.28. The van der Waals surface area contributed by atoms with E-state index in [2.05, 4.69) is 35.7 Å². The first-order valence-electron chi connectivity index (χ1n) is 10.8. The highest BCUT2D eigenvalue weighted by atomic mass is 16.2. The van der Waals surface area contributed by atoms with Crippen molar-refractivity contribution in [2.45, 2.75) is 56.8 Å². The lowest BCUT2D eigenvalue weighted by molar-refractivity contribution is -0.118. The van der Waals surface area contributed by atoms with Crippen molar-refractivity contribution in [1.29, 1.82) is 0 Å². The van der Waals surface area contributed by atoms with E-state index in [0.29, 0.717) is 6.42 Å². The molecule has 3 aliphatic heterocycles. The number of rotatable bonds is 3. The summed E-state index contributed by atoms with van der Waals surface area (Å²) >= 11 is 0. The maximum absolute atomic E-state index is 13.2. The van der Waals surface area contributed by atoms with Crippen molar-refractivity contribution in [2.24, 2.45) is 0 Å². The van der Waals surface area contributed by atoms with Crippen LogP contribution in [0.1, 0.15) is 38.2 Å². The first-order chi connectivity index (χ1) is 14.6. The molecule has 2 aromatic carbocycles. The summed E-state index contributed by atoms with van der Waals surface area (Å²) in [5.74, 6) is -0.0214. The zero-order valence-corrected chi connectivity index (χ0v) is 17.2. The van der Waals surface area contributed by atoms with Gasteiger partial charge in [-0.15, -0.1) is 0 Å². The van der Waals surface area contributed by atoms with Gasteiger partial charge in [-0.25, -0.2) is 4.79 Å². The Morgan fingerprint density at radius 3 is 2.40 bits per heavy atom. The van der Waals surface area contributed by atoms with E-state index in [4.69, 9.17) is 0 Å². The van der Waals surface area contributed by atoms with E-state index in [1.807, 2.05) is 53.1 Å². The fourth-order valence-corrected chi connectivity index (χ4v) is 5.26. The monoisotopic (exact) mass is 401 g/mol. The standard InChI is InChI=1S/C25H27N3O2/c1-17-14-23(24(29)27(17)20-10-6-3-7-11-20)26-25(30)28-21-12-13-22(28)16-19(15-21)18-8-4-2-5-9-18/h2-11,15,17,21-23H,12-14,16H2,1H3,(H,26,30). The number of benzene rings is 2. The van der Waals surface area contributed by atoms with Gasteiger partial charge in [0, 0.05) is 17.8 Å². The molecule has 154 valence electrons. The van der Waals surface area contributed by atoms with Gasteiger partial charge in [0.25, 0.3) is 0 Å². The Balaban J connectivity index is 1.30. The number of nitrogens with one attached hydrogen (secondary N) is 1. The van der Waals surface area contributed by atoms with Crippen molar-refractivity contribution >= 4 is 23.2 Å². The van der Waals surface area contributed by atoms with Crippen LogP contribution in [-0.4, -0.2) is 41.0 Å². The normalized spacial score (nSPS) is 27.9. The van der Waals surface area contributed by atoms with E-state index in [1.165, 1.54) is 11.1 Å². The first kappa shape index (κ1) is 18.9. The molecule has 2 fully saturated rings. The summed E-state index contributed by atoms with van der Waals surface area (Å²) in [6.07, 6.45) is 5.75. The molecule has 2 saturated heterocycles. The molecule has 0 aliphatic carbocycles. The first-order valence-corrected chi connectivity index (χ1v) is 10.8. The Hall–Kier alpha value is -3.08. The van der Waals surface area contributed by atoms with Crippen molar-refractivity contribution in [2.75, 3.05) is 4.90 Å². The molecule has 2 bridgehead atoms. The topological polar surface area (TPSA) is 52.7 Å². The second-order valence-corrected chi connectivity index (χ2v) is 8.60. The van der Waals surface area contributed by atoms with Crippen molar-refractivity contribution in [3.05, 3.63) is 72.3 Å². The van der Waals surface area contributed by atoms with E-state index in [0.717, 1.165) is 24.9 Å². The molecule has 1 N–H and O–H groups in total. The molecule has 5 nitrogen and oxygen atoms in total. The van der Waals surface area contributed by atoms with Crippen LogP contribution in [-0.2, 0) is 4.79 Å². The molecule has 0 spiro atoms. The van der Waals surface area contributed by atoms with Gasteiger partial charge in [-0.1, -0.05) is 54.6 Å². The summed E-state index contributed by atoms with van der Waals surface area (Å²) in [5.41, 5.74) is 3.46. The summed E-state index contributed by atoms with van der Waals surface area (Å²) < 4.78 is 0. The van der Waals surface area contributed by atoms with Gasteiger partial charge < -0.3 is 15.1 Å². The quantitative estimate of drug-likeness (QED) is 0.838. The number of hydrogen-bond acceptors (Lipinski definition) is 2. The number of anilines is 1. The molecule has 3 heterocycles. The predicted molar refractivity (Wildman–Crippen MR) is 118 cm³/mol. The highest BCUT2D eigenvalue weighted by Crippen LogP contribution is 2.38. The third-order valence-corrected chi connectivity index (χ3v) is 6.66. The average molecular weight is 402 g/mol. The second-order valence-electron chi connectivity index (χ2n) is 8.60. The Bertz CT molecular complexity index is 972. The maximum Gasteiger partial charge on any atom is 0.318 e. The van der Waals surface area contributed by atoms with Crippen LogP contribution in [0.15, 0.2) is 66.7 Å². The summed E-state index contributed by atoms with van der Waals surface area (Å²) in [5, 5.41) is 3.05. The Kier molecular flexibility index (Phi) is 4.81. The predicted octanol–water partition coefficient (Wildman–Crippen LogP) is 4.21. The molecule has 3 aliphatic rings. The maximum atomic E-state index is 13.2. The molecule has 3 amide bonds. The minimum absolute atomic E-state index is 0.0214. The van der Waals surface area contributed by atoms with E-state index >= 15 is 0 Å². The SMILES string of the molecule is CC1CC(NC(=O)N2C3C=C(c4ccccc4)CC2CC3)C(=O)N1c1ccccc1.